The first-order valence-corrected chi connectivity index (χ1v) is 7.20. The van der Waals surface area contributed by atoms with E-state index in [1.54, 1.807) is 0 Å². The summed E-state index contributed by atoms with van der Waals surface area (Å²) in [7, 11) is 0. The minimum atomic E-state index is -0.829. The van der Waals surface area contributed by atoms with E-state index in [2.05, 4.69) is 35.5 Å². The van der Waals surface area contributed by atoms with Crippen LogP contribution < -0.4 is 0 Å². The van der Waals surface area contributed by atoms with Gasteiger partial charge in [0.15, 0.2) is 5.16 Å². The molecule has 0 aliphatic heterocycles. The molecule has 0 saturated heterocycles. The molecule has 0 amide bonds. The number of aromatic nitrogens is 3. The number of thioether (sulfide) groups is 1. The molecule has 18 heavy (non-hydrogen) atoms. The minimum absolute atomic E-state index is 0.0257. The van der Waals surface area contributed by atoms with Gasteiger partial charge in [0.05, 0.1) is 5.75 Å². The highest BCUT2D eigenvalue weighted by molar-refractivity contribution is 7.99. The maximum atomic E-state index is 10.6. The van der Waals surface area contributed by atoms with Gasteiger partial charge >= 0.3 is 5.97 Å². The Bertz CT molecular complexity index is 404. The van der Waals surface area contributed by atoms with Gasteiger partial charge in [-0.2, -0.15) is 0 Å². The van der Waals surface area contributed by atoms with Crippen LogP contribution in [-0.4, -0.2) is 31.6 Å². The highest BCUT2D eigenvalue weighted by Gasteiger charge is 2.16. The van der Waals surface area contributed by atoms with Gasteiger partial charge in [-0.1, -0.05) is 39.5 Å². The number of carboxylic acid groups (broad SMARTS) is 1. The highest BCUT2D eigenvalue weighted by atomic mass is 32.2. The predicted octanol–water partition coefficient (Wildman–Crippen LogP) is 2.31. The molecule has 1 aromatic rings. The van der Waals surface area contributed by atoms with Gasteiger partial charge in [0.25, 0.3) is 0 Å². The van der Waals surface area contributed by atoms with Crippen molar-refractivity contribution in [3.8, 4) is 0 Å². The van der Waals surface area contributed by atoms with Crippen LogP contribution >= 0.6 is 11.8 Å². The maximum absolute atomic E-state index is 10.6. The fourth-order valence-corrected chi connectivity index (χ4v) is 2.18. The van der Waals surface area contributed by atoms with Crippen molar-refractivity contribution >= 4 is 17.7 Å². The Labute approximate surface area is 112 Å². The Morgan fingerprint density at radius 2 is 2.06 bits per heavy atom. The second-order valence-electron chi connectivity index (χ2n) is 4.77. The Balaban J connectivity index is 2.84. The maximum Gasteiger partial charge on any atom is 0.313 e. The van der Waals surface area contributed by atoms with E-state index < -0.39 is 5.97 Å². The number of aliphatic carboxylic acids is 1. The van der Waals surface area contributed by atoms with Gasteiger partial charge in [-0.05, 0) is 11.8 Å². The first-order chi connectivity index (χ1) is 8.45. The quantitative estimate of drug-likeness (QED) is 0.771. The van der Waals surface area contributed by atoms with Crippen LogP contribution in [-0.2, 0) is 17.8 Å². The molecule has 0 saturated carbocycles. The van der Waals surface area contributed by atoms with Gasteiger partial charge < -0.3 is 9.67 Å². The molecule has 102 valence electrons. The van der Waals surface area contributed by atoms with Crippen molar-refractivity contribution < 1.29 is 9.90 Å². The Morgan fingerprint density at radius 1 is 1.39 bits per heavy atom. The predicted molar refractivity (Wildman–Crippen MR) is 71.8 cm³/mol. The Hall–Kier alpha value is -1.04. The lowest BCUT2D eigenvalue weighted by Gasteiger charge is -2.18. The zero-order valence-electron chi connectivity index (χ0n) is 11.4. The van der Waals surface area contributed by atoms with E-state index in [1.165, 1.54) is 11.8 Å². The minimum Gasteiger partial charge on any atom is -0.481 e. The fraction of sp³-hybridized carbons (Fsp3) is 0.750. The van der Waals surface area contributed by atoms with E-state index in [9.17, 15) is 4.79 Å². The molecule has 5 nitrogen and oxygen atoms in total. The summed E-state index contributed by atoms with van der Waals surface area (Å²) in [6.45, 7) is 9.44. The summed E-state index contributed by atoms with van der Waals surface area (Å²) < 4.78 is 2.05. The average Bonchev–Trinajstić information content (AvgIpc) is 2.68. The van der Waals surface area contributed by atoms with Gasteiger partial charge in [-0.3, -0.25) is 4.79 Å². The molecule has 6 heteroatoms. The normalized spacial score (nSPS) is 12.9. The standard InChI is InChI=1S/C12H21N3O2S/c1-5-10-13-14-12(18-7-11(16)17)15(10)6-9(4)8(2)3/h8-9H,5-7H2,1-4H3,(H,16,17). The molecular formula is C12H21N3O2S. The molecule has 0 radical (unpaired) electrons. The van der Waals surface area contributed by atoms with E-state index in [1.807, 2.05) is 6.92 Å². The lowest BCUT2D eigenvalue weighted by molar-refractivity contribution is -0.133. The van der Waals surface area contributed by atoms with Crippen molar-refractivity contribution in [2.45, 2.75) is 45.8 Å². The average molecular weight is 271 g/mol. The summed E-state index contributed by atoms with van der Waals surface area (Å²) in [4.78, 5) is 10.6. The lowest BCUT2D eigenvalue weighted by Crippen LogP contribution is -2.16. The third kappa shape index (κ3) is 4.01. The number of hydrogen-bond acceptors (Lipinski definition) is 4. The molecule has 1 unspecified atom stereocenters. The Morgan fingerprint density at radius 3 is 2.56 bits per heavy atom. The number of rotatable bonds is 7. The molecule has 0 spiro atoms. The van der Waals surface area contributed by atoms with Gasteiger partial charge in [0.2, 0.25) is 0 Å². The molecular weight excluding hydrogens is 250 g/mol. The third-order valence-corrected chi connectivity index (χ3v) is 3.99. The molecule has 0 aliphatic rings. The molecule has 1 atom stereocenters. The van der Waals surface area contributed by atoms with E-state index in [0.717, 1.165) is 18.8 Å². The molecule has 1 heterocycles. The molecule has 0 bridgehead atoms. The summed E-state index contributed by atoms with van der Waals surface area (Å²) in [5, 5.41) is 17.6. The second-order valence-corrected chi connectivity index (χ2v) is 5.71. The summed E-state index contributed by atoms with van der Waals surface area (Å²) >= 11 is 1.23. The smallest absolute Gasteiger partial charge is 0.313 e. The summed E-state index contributed by atoms with van der Waals surface area (Å²) in [6, 6.07) is 0. The summed E-state index contributed by atoms with van der Waals surface area (Å²) in [5.74, 6) is 1.21. The Kier molecular flexibility index (Phi) is 5.65. The lowest BCUT2D eigenvalue weighted by atomic mass is 9.98. The van der Waals surface area contributed by atoms with Crippen LogP contribution in [0, 0.1) is 11.8 Å². The van der Waals surface area contributed by atoms with E-state index in [0.29, 0.717) is 17.0 Å². The van der Waals surface area contributed by atoms with Crippen molar-refractivity contribution in [1.82, 2.24) is 14.8 Å². The van der Waals surface area contributed by atoms with Crippen LogP contribution in [0.3, 0.4) is 0 Å². The number of carboxylic acids is 1. The molecule has 1 N–H and O–H groups in total. The van der Waals surface area contributed by atoms with Gasteiger partial charge in [0, 0.05) is 13.0 Å². The number of aryl methyl sites for hydroxylation is 1. The fourth-order valence-electron chi connectivity index (χ4n) is 1.50. The summed E-state index contributed by atoms with van der Waals surface area (Å²) in [6.07, 6.45) is 0.811. The molecule has 1 rings (SSSR count). The first kappa shape index (κ1) is 15.0. The van der Waals surface area contributed by atoms with Gasteiger partial charge in [0.1, 0.15) is 5.82 Å². The largest absolute Gasteiger partial charge is 0.481 e. The zero-order valence-corrected chi connectivity index (χ0v) is 12.2. The van der Waals surface area contributed by atoms with Crippen LogP contribution in [0.4, 0.5) is 0 Å². The van der Waals surface area contributed by atoms with Crippen molar-refractivity contribution in [2.75, 3.05) is 5.75 Å². The number of nitrogens with zero attached hydrogens (tertiary/aromatic N) is 3. The van der Waals surface area contributed by atoms with Gasteiger partial charge in [-0.15, -0.1) is 10.2 Å². The monoisotopic (exact) mass is 271 g/mol. The second kappa shape index (κ2) is 6.78. The highest BCUT2D eigenvalue weighted by Crippen LogP contribution is 2.21. The summed E-state index contributed by atoms with van der Waals surface area (Å²) in [5.41, 5.74) is 0. The van der Waals surface area contributed by atoms with Crippen molar-refractivity contribution in [1.29, 1.82) is 0 Å². The van der Waals surface area contributed by atoms with Crippen LogP contribution in [0.15, 0.2) is 5.16 Å². The molecule has 0 aromatic carbocycles. The third-order valence-electron chi connectivity index (χ3n) is 3.04. The number of carbonyl (C=O) groups is 1. The molecule has 0 fully saturated rings. The number of hydrogen-bond donors (Lipinski definition) is 1. The van der Waals surface area contributed by atoms with Crippen LogP contribution in [0.1, 0.15) is 33.5 Å². The molecule has 1 aromatic heterocycles. The van der Waals surface area contributed by atoms with Crippen LogP contribution in [0.5, 0.6) is 0 Å². The van der Waals surface area contributed by atoms with E-state index in [-0.39, 0.29) is 5.75 Å². The van der Waals surface area contributed by atoms with Crippen molar-refractivity contribution in [2.24, 2.45) is 11.8 Å². The first-order valence-electron chi connectivity index (χ1n) is 6.22. The van der Waals surface area contributed by atoms with Crippen molar-refractivity contribution in [3.63, 3.8) is 0 Å². The van der Waals surface area contributed by atoms with Crippen LogP contribution in [0.2, 0.25) is 0 Å². The van der Waals surface area contributed by atoms with E-state index in [4.69, 9.17) is 5.11 Å². The zero-order chi connectivity index (χ0) is 13.7. The van der Waals surface area contributed by atoms with Crippen molar-refractivity contribution in [3.05, 3.63) is 5.82 Å². The molecule has 0 aliphatic carbocycles. The SMILES string of the molecule is CCc1nnc(SCC(=O)O)n1CC(C)C(C)C. The van der Waals surface area contributed by atoms with Gasteiger partial charge in [-0.25, -0.2) is 0 Å². The topological polar surface area (TPSA) is 68.0 Å². The van der Waals surface area contributed by atoms with E-state index >= 15 is 0 Å². The van der Waals surface area contributed by atoms with Crippen LogP contribution in [0.25, 0.3) is 0 Å².